The van der Waals surface area contributed by atoms with E-state index in [1.807, 2.05) is 27.2 Å². The minimum atomic E-state index is 0.997. The van der Waals surface area contributed by atoms with Crippen LogP contribution >= 0.6 is 0 Å². The van der Waals surface area contributed by atoms with E-state index in [9.17, 15) is 0 Å². The van der Waals surface area contributed by atoms with Gasteiger partial charge in [0.2, 0.25) is 0 Å². The van der Waals surface area contributed by atoms with Crippen LogP contribution < -0.4 is 16.0 Å². The Balaban J connectivity index is 3.14. The molecular weight excluding hydrogens is 198 g/mol. The summed E-state index contributed by atoms with van der Waals surface area (Å²) in [4.78, 5) is 0. The maximum atomic E-state index is 3.76. The van der Waals surface area contributed by atoms with Crippen LogP contribution in [-0.2, 0) is 6.42 Å². The highest BCUT2D eigenvalue weighted by atomic mass is 15.0. The van der Waals surface area contributed by atoms with Crippen LogP contribution in [0.1, 0.15) is 12.0 Å². The molecule has 88 valence electrons. The fourth-order valence-electron chi connectivity index (χ4n) is 1.87. The van der Waals surface area contributed by atoms with E-state index in [1.54, 1.807) is 0 Å². The second kappa shape index (κ2) is 6.05. The fraction of sp³-hybridized carbons (Fsp3) is 0.385. The molecule has 0 saturated carbocycles. The molecule has 3 N–H and O–H groups in total. The molecule has 0 fully saturated rings. The summed E-state index contributed by atoms with van der Waals surface area (Å²) in [5.41, 5.74) is 4.70. The lowest BCUT2D eigenvalue weighted by atomic mass is 10.0. The molecule has 3 nitrogen and oxygen atoms in total. The Morgan fingerprint density at radius 1 is 1.06 bits per heavy atom. The average molecular weight is 219 g/mol. The molecule has 0 atom stereocenters. The van der Waals surface area contributed by atoms with Gasteiger partial charge in [0, 0.05) is 21.1 Å². The van der Waals surface area contributed by atoms with E-state index in [4.69, 9.17) is 0 Å². The van der Waals surface area contributed by atoms with Crippen LogP contribution in [0.25, 0.3) is 0 Å². The molecule has 16 heavy (non-hydrogen) atoms. The van der Waals surface area contributed by atoms with Gasteiger partial charge in [0.15, 0.2) is 0 Å². The number of hydrogen-bond donors (Lipinski definition) is 3. The first-order valence-electron chi connectivity index (χ1n) is 5.58. The van der Waals surface area contributed by atoms with E-state index >= 15 is 0 Å². The van der Waals surface area contributed by atoms with Gasteiger partial charge >= 0.3 is 0 Å². The molecule has 0 aliphatic rings. The van der Waals surface area contributed by atoms with Crippen molar-refractivity contribution in [2.45, 2.75) is 12.8 Å². The quantitative estimate of drug-likeness (QED) is 0.644. The molecule has 0 radical (unpaired) electrons. The molecule has 0 aromatic heterocycles. The van der Waals surface area contributed by atoms with E-state index in [0.29, 0.717) is 0 Å². The topological polar surface area (TPSA) is 36.1 Å². The van der Waals surface area contributed by atoms with Crippen LogP contribution in [0, 0.1) is 0 Å². The molecule has 0 aliphatic carbocycles. The Hall–Kier alpha value is -1.64. The maximum Gasteiger partial charge on any atom is 0.0811 e. The van der Waals surface area contributed by atoms with Gasteiger partial charge in [-0.1, -0.05) is 12.1 Å². The third kappa shape index (κ3) is 2.48. The van der Waals surface area contributed by atoms with Crippen LogP contribution in [0.3, 0.4) is 0 Å². The first kappa shape index (κ1) is 12.4. The first-order valence-corrected chi connectivity index (χ1v) is 5.58. The second-order valence-corrected chi connectivity index (χ2v) is 3.60. The Labute approximate surface area is 97.9 Å². The molecule has 1 rings (SSSR count). The third-order valence-corrected chi connectivity index (χ3v) is 2.68. The van der Waals surface area contributed by atoms with Gasteiger partial charge in [-0.15, -0.1) is 6.58 Å². The molecule has 0 unspecified atom stereocenters. The fourth-order valence-corrected chi connectivity index (χ4v) is 1.87. The van der Waals surface area contributed by atoms with Gasteiger partial charge in [0.05, 0.1) is 17.1 Å². The van der Waals surface area contributed by atoms with Crippen molar-refractivity contribution in [3.05, 3.63) is 30.4 Å². The van der Waals surface area contributed by atoms with Crippen molar-refractivity contribution in [1.29, 1.82) is 0 Å². The van der Waals surface area contributed by atoms with Gasteiger partial charge in [-0.2, -0.15) is 0 Å². The van der Waals surface area contributed by atoms with E-state index in [0.717, 1.165) is 29.9 Å². The van der Waals surface area contributed by atoms with Gasteiger partial charge in [-0.3, -0.25) is 0 Å². The van der Waals surface area contributed by atoms with Crippen LogP contribution in [-0.4, -0.2) is 21.1 Å². The number of hydrogen-bond acceptors (Lipinski definition) is 3. The van der Waals surface area contributed by atoms with Crippen LogP contribution in [0.5, 0.6) is 0 Å². The Morgan fingerprint density at radius 2 is 1.75 bits per heavy atom. The Bertz CT molecular complexity index is 358. The van der Waals surface area contributed by atoms with Crippen molar-refractivity contribution in [3.63, 3.8) is 0 Å². The molecule has 0 amide bonds. The monoisotopic (exact) mass is 219 g/mol. The smallest absolute Gasteiger partial charge is 0.0811 e. The predicted molar refractivity (Wildman–Crippen MR) is 73.6 cm³/mol. The zero-order valence-electron chi connectivity index (χ0n) is 10.4. The molecule has 3 heteroatoms. The van der Waals surface area contributed by atoms with Crippen molar-refractivity contribution in [3.8, 4) is 0 Å². The maximum absolute atomic E-state index is 3.76. The normalized spacial score (nSPS) is 9.69. The highest BCUT2D eigenvalue weighted by Crippen LogP contribution is 2.33. The number of aryl methyl sites for hydroxylation is 1. The zero-order chi connectivity index (χ0) is 12.0. The van der Waals surface area contributed by atoms with Gasteiger partial charge in [-0.25, -0.2) is 0 Å². The summed E-state index contributed by atoms with van der Waals surface area (Å²) in [5, 5.41) is 9.68. The lowest BCUT2D eigenvalue weighted by Crippen LogP contribution is -2.04. The zero-order valence-corrected chi connectivity index (χ0v) is 10.4. The largest absolute Gasteiger partial charge is 0.386 e. The molecule has 0 spiro atoms. The molecule has 0 heterocycles. The SMILES string of the molecule is C=CCCc1ccc(NC)c(NC)c1NC. The van der Waals surface area contributed by atoms with Gasteiger partial charge in [0.1, 0.15) is 0 Å². The summed E-state index contributed by atoms with van der Waals surface area (Å²) in [7, 11) is 5.82. The second-order valence-electron chi connectivity index (χ2n) is 3.60. The Kier molecular flexibility index (Phi) is 4.70. The molecule has 0 saturated heterocycles. The predicted octanol–water partition coefficient (Wildman–Crippen LogP) is 2.93. The van der Waals surface area contributed by atoms with Crippen molar-refractivity contribution >= 4 is 17.1 Å². The van der Waals surface area contributed by atoms with Crippen molar-refractivity contribution < 1.29 is 0 Å². The summed E-state index contributed by atoms with van der Waals surface area (Å²) in [5.74, 6) is 0. The highest BCUT2D eigenvalue weighted by molar-refractivity contribution is 5.84. The van der Waals surface area contributed by atoms with Crippen molar-refractivity contribution in [2.24, 2.45) is 0 Å². The minimum Gasteiger partial charge on any atom is -0.386 e. The summed E-state index contributed by atoms with van der Waals surface area (Å²) in [6, 6.07) is 4.26. The summed E-state index contributed by atoms with van der Waals surface area (Å²) < 4.78 is 0. The summed E-state index contributed by atoms with van der Waals surface area (Å²) in [6.07, 6.45) is 3.96. The average Bonchev–Trinajstić information content (AvgIpc) is 2.34. The standard InChI is InChI=1S/C13H21N3/c1-5-6-7-10-8-9-11(14-2)13(16-4)12(10)15-3/h5,8-9,14-16H,1,6-7H2,2-4H3. The van der Waals surface area contributed by atoms with Gasteiger partial charge in [0.25, 0.3) is 0 Å². The molecule has 0 bridgehead atoms. The van der Waals surface area contributed by atoms with Crippen LogP contribution in [0.4, 0.5) is 17.1 Å². The van der Waals surface area contributed by atoms with Gasteiger partial charge in [-0.05, 0) is 24.5 Å². The van der Waals surface area contributed by atoms with E-state index in [2.05, 4.69) is 34.7 Å². The molecular formula is C13H21N3. The van der Waals surface area contributed by atoms with Crippen LogP contribution in [0.15, 0.2) is 24.8 Å². The highest BCUT2D eigenvalue weighted by Gasteiger charge is 2.09. The van der Waals surface area contributed by atoms with Crippen molar-refractivity contribution in [2.75, 3.05) is 37.1 Å². The van der Waals surface area contributed by atoms with E-state index in [-0.39, 0.29) is 0 Å². The lowest BCUT2D eigenvalue weighted by Gasteiger charge is -2.17. The first-order chi connectivity index (χ1) is 7.78. The minimum absolute atomic E-state index is 0.997. The van der Waals surface area contributed by atoms with E-state index < -0.39 is 0 Å². The number of rotatable bonds is 6. The Morgan fingerprint density at radius 3 is 2.25 bits per heavy atom. The number of allylic oxidation sites excluding steroid dienone is 1. The number of anilines is 3. The third-order valence-electron chi connectivity index (χ3n) is 2.68. The van der Waals surface area contributed by atoms with Crippen molar-refractivity contribution in [1.82, 2.24) is 0 Å². The molecule has 1 aromatic carbocycles. The molecule has 1 aromatic rings. The van der Waals surface area contributed by atoms with Gasteiger partial charge < -0.3 is 16.0 Å². The van der Waals surface area contributed by atoms with Crippen LogP contribution in [0.2, 0.25) is 0 Å². The lowest BCUT2D eigenvalue weighted by molar-refractivity contribution is 1.00. The number of benzene rings is 1. The number of nitrogens with one attached hydrogen (secondary N) is 3. The van der Waals surface area contributed by atoms with E-state index in [1.165, 1.54) is 5.56 Å². The molecule has 0 aliphatic heterocycles. The summed E-state index contributed by atoms with van der Waals surface area (Å²) in [6.45, 7) is 3.76. The summed E-state index contributed by atoms with van der Waals surface area (Å²) >= 11 is 0.